The molecular formula is C31H39N5O3S. The SMILES string of the molecule is CCc1ccc(-c2cc(NC(=O)Nc3sc(C(C)(C)C)cc3C(=O)N3CCN(C)C(=O)C3(C)C)ccc2C)nc1. The number of anilines is 2. The van der Waals surface area contributed by atoms with Gasteiger partial charge in [0.15, 0.2) is 0 Å². The largest absolute Gasteiger partial charge is 0.342 e. The van der Waals surface area contributed by atoms with E-state index < -0.39 is 11.6 Å². The Morgan fingerprint density at radius 3 is 2.42 bits per heavy atom. The van der Waals surface area contributed by atoms with Crippen LogP contribution in [0.2, 0.25) is 0 Å². The van der Waals surface area contributed by atoms with Crippen molar-refractivity contribution in [3.05, 3.63) is 64.2 Å². The van der Waals surface area contributed by atoms with Crippen molar-refractivity contribution < 1.29 is 14.4 Å². The maximum Gasteiger partial charge on any atom is 0.324 e. The van der Waals surface area contributed by atoms with Gasteiger partial charge in [0.25, 0.3) is 5.91 Å². The van der Waals surface area contributed by atoms with E-state index in [2.05, 4.69) is 49.4 Å². The first-order chi connectivity index (χ1) is 18.7. The number of pyridine rings is 1. The number of likely N-dealkylation sites (N-methyl/N-ethyl adjacent to an activating group) is 1. The molecule has 0 atom stereocenters. The van der Waals surface area contributed by atoms with E-state index >= 15 is 0 Å². The number of carbonyl (C=O) groups is 3. The Hall–Kier alpha value is -3.72. The van der Waals surface area contributed by atoms with Crippen LogP contribution in [-0.4, -0.2) is 58.3 Å². The fourth-order valence-corrected chi connectivity index (χ4v) is 5.86. The van der Waals surface area contributed by atoms with Gasteiger partial charge in [-0.15, -0.1) is 11.3 Å². The van der Waals surface area contributed by atoms with E-state index in [-0.39, 0.29) is 17.2 Å². The van der Waals surface area contributed by atoms with Gasteiger partial charge in [0.2, 0.25) is 5.91 Å². The zero-order valence-electron chi connectivity index (χ0n) is 24.6. The predicted octanol–water partition coefficient (Wildman–Crippen LogP) is 6.32. The van der Waals surface area contributed by atoms with Gasteiger partial charge in [-0.1, -0.05) is 39.8 Å². The summed E-state index contributed by atoms with van der Waals surface area (Å²) in [4.78, 5) is 48.7. The van der Waals surface area contributed by atoms with Crippen LogP contribution < -0.4 is 10.6 Å². The molecule has 0 bridgehead atoms. The second kappa shape index (κ2) is 11.0. The number of thiophene rings is 1. The van der Waals surface area contributed by atoms with Gasteiger partial charge in [0, 0.05) is 42.5 Å². The summed E-state index contributed by atoms with van der Waals surface area (Å²) in [6, 6.07) is 11.1. The molecule has 1 saturated heterocycles. The van der Waals surface area contributed by atoms with Crippen molar-refractivity contribution in [3.63, 3.8) is 0 Å². The highest BCUT2D eigenvalue weighted by atomic mass is 32.1. The Morgan fingerprint density at radius 1 is 1.07 bits per heavy atom. The fourth-order valence-electron chi connectivity index (χ4n) is 4.76. The van der Waals surface area contributed by atoms with Gasteiger partial charge in [-0.25, -0.2) is 4.79 Å². The molecule has 40 heavy (non-hydrogen) atoms. The number of benzene rings is 1. The van der Waals surface area contributed by atoms with E-state index in [4.69, 9.17) is 0 Å². The predicted molar refractivity (Wildman–Crippen MR) is 162 cm³/mol. The van der Waals surface area contributed by atoms with E-state index in [1.807, 2.05) is 43.5 Å². The molecule has 1 aliphatic rings. The summed E-state index contributed by atoms with van der Waals surface area (Å²) < 4.78 is 0. The molecule has 1 aromatic carbocycles. The van der Waals surface area contributed by atoms with Crippen LogP contribution in [0.1, 0.15) is 67.9 Å². The Morgan fingerprint density at radius 2 is 1.80 bits per heavy atom. The molecule has 0 radical (unpaired) electrons. The molecule has 9 heteroatoms. The third kappa shape index (κ3) is 5.89. The molecule has 0 aliphatic carbocycles. The van der Waals surface area contributed by atoms with Gasteiger partial charge in [-0.3, -0.25) is 19.9 Å². The highest BCUT2D eigenvalue weighted by Crippen LogP contribution is 2.38. The zero-order valence-corrected chi connectivity index (χ0v) is 25.5. The molecule has 8 nitrogen and oxygen atoms in total. The van der Waals surface area contributed by atoms with Crippen molar-refractivity contribution in [2.75, 3.05) is 30.8 Å². The average Bonchev–Trinajstić information content (AvgIpc) is 3.32. The summed E-state index contributed by atoms with van der Waals surface area (Å²) in [5.74, 6) is -0.382. The molecule has 0 saturated carbocycles. The first kappa shape index (κ1) is 29.3. The van der Waals surface area contributed by atoms with Crippen LogP contribution in [0.25, 0.3) is 11.3 Å². The summed E-state index contributed by atoms with van der Waals surface area (Å²) in [5, 5.41) is 6.29. The Bertz CT molecular complexity index is 1440. The lowest BCUT2D eigenvalue weighted by Gasteiger charge is -2.44. The maximum atomic E-state index is 13.8. The molecular weight excluding hydrogens is 522 g/mol. The summed E-state index contributed by atoms with van der Waals surface area (Å²) in [5.41, 5.74) is 3.77. The maximum absolute atomic E-state index is 13.8. The number of piperazine rings is 1. The topological polar surface area (TPSA) is 94.6 Å². The monoisotopic (exact) mass is 561 g/mol. The van der Waals surface area contributed by atoms with Gasteiger partial charge >= 0.3 is 6.03 Å². The van der Waals surface area contributed by atoms with Gasteiger partial charge < -0.3 is 15.1 Å². The van der Waals surface area contributed by atoms with Crippen molar-refractivity contribution >= 4 is 39.9 Å². The van der Waals surface area contributed by atoms with E-state index in [1.165, 1.54) is 11.3 Å². The number of carbonyl (C=O) groups excluding carboxylic acids is 3. The number of aryl methyl sites for hydroxylation is 2. The standard InChI is InChI=1S/C31H39N5O3S/c1-9-20-11-13-24(32-18-20)22-16-21(12-10-19(22)2)33-29(39)34-26-23(17-25(40-26)30(3,4)5)27(37)36-15-14-35(8)28(38)31(36,6)7/h10-13,16-18H,9,14-15H2,1-8H3,(H2,33,34,39). The van der Waals surface area contributed by atoms with Crippen LogP contribution in [0.5, 0.6) is 0 Å². The number of amides is 4. The highest BCUT2D eigenvalue weighted by molar-refractivity contribution is 7.16. The average molecular weight is 562 g/mol. The minimum Gasteiger partial charge on any atom is -0.342 e. The molecule has 3 aromatic rings. The van der Waals surface area contributed by atoms with Gasteiger partial charge in [0.05, 0.1) is 11.3 Å². The Kier molecular flexibility index (Phi) is 8.08. The lowest BCUT2D eigenvalue weighted by Crippen LogP contribution is -2.63. The van der Waals surface area contributed by atoms with Gasteiger partial charge in [0.1, 0.15) is 10.5 Å². The number of rotatable bonds is 5. The number of nitrogens with one attached hydrogen (secondary N) is 2. The second-order valence-electron chi connectivity index (χ2n) is 11.9. The molecule has 1 fully saturated rings. The third-order valence-corrected chi connectivity index (χ3v) is 8.86. The number of hydrogen-bond acceptors (Lipinski definition) is 5. The molecule has 4 amide bonds. The second-order valence-corrected chi connectivity index (χ2v) is 12.9. The molecule has 1 aliphatic heterocycles. The number of aromatic nitrogens is 1. The first-order valence-corrected chi connectivity index (χ1v) is 14.4. The molecule has 3 heterocycles. The van der Waals surface area contributed by atoms with Crippen LogP contribution in [-0.2, 0) is 16.6 Å². The van der Waals surface area contributed by atoms with Crippen molar-refractivity contribution in [1.29, 1.82) is 0 Å². The van der Waals surface area contributed by atoms with Gasteiger partial charge in [-0.2, -0.15) is 0 Å². The van der Waals surface area contributed by atoms with E-state index in [0.717, 1.165) is 33.7 Å². The van der Waals surface area contributed by atoms with Gasteiger partial charge in [-0.05, 0) is 68.0 Å². The number of urea groups is 1. The minimum atomic E-state index is -0.991. The summed E-state index contributed by atoms with van der Waals surface area (Å²) in [6.07, 6.45) is 2.79. The molecule has 2 N–H and O–H groups in total. The third-order valence-electron chi connectivity index (χ3n) is 7.38. The van der Waals surface area contributed by atoms with Crippen LogP contribution in [0.3, 0.4) is 0 Å². The summed E-state index contributed by atoms with van der Waals surface area (Å²) >= 11 is 1.38. The van der Waals surface area contributed by atoms with Crippen molar-refractivity contribution in [2.24, 2.45) is 0 Å². The first-order valence-electron chi connectivity index (χ1n) is 13.6. The number of nitrogens with zero attached hydrogens (tertiary/aromatic N) is 3. The fraction of sp³-hybridized carbons (Fsp3) is 0.419. The minimum absolute atomic E-state index is 0.111. The smallest absolute Gasteiger partial charge is 0.324 e. The number of hydrogen-bond donors (Lipinski definition) is 2. The molecule has 4 rings (SSSR count). The zero-order chi connectivity index (χ0) is 29.4. The van der Waals surface area contributed by atoms with Crippen LogP contribution in [0.15, 0.2) is 42.6 Å². The molecule has 0 unspecified atom stereocenters. The van der Waals surface area contributed by atoms with Crippen molar-refractivity contribution in [1.82, 2.24) is 14.8 Å². The van der Waals surface area contributed by atoms with Crippen molar-refractivity contribution in [3.8, 4) is 11.3 Å². The lowest BCUT2D eigenvalue weighted by atomic mass is 9.93. The van der Waals surface area contributed by atoms with Crippen LogP contribution in [0, 0.1) is 6.92 Å². The molecule has 2 aromatic heterocycles. The highest BCUT2D eigenvalue weighted by Gasteiger charge is 2.44. The Balaban J connectivity index is 1.60. The Labute approximate surface area is 240 Å². The lowest BCUT2D eigenvalue weighted by molar-refractivity contribution is -0.144. The normalized spacial score (nSPS) is 15.2. The van der Waals surface area contributed by atoms with Crippen LogP contribution >= 0.6 is 11.3 Å². The molecule has 212 valence electrons. The van der Waals surface area contributed by atoms with Crippen molar-refractivity contribution in [2.45, 2.75) is 65.8 Å². The van der Waals surface area contributed by atoms with Crippen LogP contribution in [0.4, 0.5) is 15.5 Å². The van der Waals surface area contributed by atoms with E-state index in [9.17, 15) is 14.4 Å². The summed E-state index contributed by atoms with van der Waals surface area (Å²) in [6.45, 7) is 14.7. The quantitative estimate of drug-likeness (QED) is 0.381. The molecule has 0 spiro atoms. The van der Waals surface area contributed by atoms with E-state index in [0.29, 0.717) is 29.3 Å². The van der Waals surface area contributed by atoms with E-state index in [1.54, 1.807) is 30.7 Å². The summed E-state index contributed by atoms with van der Waals surface area (Å²) in [7, 11) is 1.75.